The summed E-state index contributed by atoms with van der Waals surface area (Å²) in [4.78, 5) is 12.2. The first-order chi connectivity index (χ1) is 11.8. The Morgan fingerprint density at radius 3 is 2.60 bits per heavy atom. The first kappa shape index (κ1) is 18.9. The Morgan fingerprint density at radius 2 is 1.92 bits per heavy atom. The number of nitrogens with one attached hydrogen (secondary N) is 2. The third kappa shape index (κ3) is 4.77. The third-order valence-corrected chi connectivity index (χ3v) is 4.96. The molecule has 2 N–H and O–H groups in total. The van der Waals surface area contributed by atoms with Gasteiger partial charge in [0, 0.05) is 13.7 Å². The number of methoxy groups -OCH3 is 1. The van der Waals surface area contributed by atoms with Crippen LogP contribution in [0.15, 0.2) is 47.4 Å². The van der Waals surface area contributed by atoms with E-state index in [1.54, 1.807) is 12.1 Å². The molecule has 2 aromatic carbocycles. The van der Waals surface area contributed by atoms with Gasteiger partial charge >= 0.3 is 0 Å². The molecule has 0 unspecified atom stereocenters. The van der Waals surface area contributed by atoms with E-state index in [1.807, 2.05) is 0 Å². The minimum atomic E-state index is -3.96. The van der Waals surface area contributed by atoms with Gasteiger partial charge in [-0.2, -0.15) is 0 Å². The molecule has 0 aliphatic heterocycles. The van der Waals surface area contributed by atoms with Crippen molar-refractivity contribution in [3.05, 3.63) is 59.4 Å². The van der Waals surface area contributed by atoms with E-state index in [2.05, 4.69) is 10.0 Å². The molecule has 0 radical (unpaired) electrons. The fourth-order valence-corrected chi connectivity index (χ4v) is 3.55. The monoisotopic (exact) mass is 366 g/mol. The maximum Gasteiger partial charge on any atom is 0.262 e. The van der Waals surface area contributed by atoms with Crippen LogP contribution in [-0.4, -0.2) is 34.6 Å². The summed E-state index contributed by atoms with van der Waals surface area (Å²) in [5.74, 6) is -0.944. The van der Waals surface area contributed by atoms with E-state index in [0.29, 0.717) is 13.2 Å². The van der Waals surface area contributed by atoms with Crippen molar-refractivity contribution in [1.82, 2.24) is 5.32 Å². The van der Waals surface area contributed by atoms with E-state index < -0.39 is 21.7 Å². The molecule has 0 heterocycles. The van der Waals surface area contributed by atoms with E-state index >= 15 is 0 Å². The summed E-state index contributed by atoms with van der Waals surface area (Å²) in [7, 11) is -2.45. The Kier molecular flexibility index (Phi) is 6.11. The lowest BCUT2D eigenvalue weighted by molar-refractivity contribution is 0.0938. The number of hydrogen-bond donors (Lipinski definition) is 2. The van der Waals surface area contributed by atoms with Crippen molar-refractivity contribution >= 4 is 21.6 Å². The number of carbonyl (C=O) groups excluding carboxylic acids is 1. The number of rotatable bonds is 7. The van der Waals surface area contributed by atoms with Crippen LogP contribution in [0.3, 0.4) is 0 Å². The second-order valence-corrected chi connectivity index (χ2v) is 6.96. The second kappa shape index (κ2) is 8.09. The van der Waals surface area contributed by atoms with Crippen LogP contribution in [0.5, 0.6) is 0 Å². The molecular weight excluding hydrogens is 347 g/mol. The Morgan fingerprint density at radius 1 is 1.20 bits per heavy atom. The molecule has 0 saturated carbocycles. The van der Waals surface area contributed by atoms with Crippen LogP contribution in [0.25, 0.3) is 0 Å². The van der Waals surface area contributed by atoms with Gasteiger partial charge in [-0.15, -0.1) is 0 Å². The summed E-state index contributed by atoms with van der Waals surface area (Å²) < 4.78 is 45.6. The highest BCUT2D eigenvalue weighted by molar-refractivity contribution is 7.92. The van der Waals surface area contributed by atoms with Gasteiger partial charge in [-0.25, -0.2) is 12.8 Å². The Hall–Kier alpha value is -2.45. The molecule has 8 heteroatoms. The average molecular weight is 366 g/mol. The molecule has 25 heavy (non-hydrogen) atoms. The number of ether oxygens (including phenoxy) is 1. The quantitative estimate of drug-likeness (QED) is 0.737. The molecule has 0 fully saturated rings. The summed E-state index contributed by atoms with van der Waals surface area (Å²) in [6, 6.07) is 9.64. The summed E-state index contributed by atoms with van der Waals surface area (Å²) in [5.41, 5.74) is 0.595. The van der Waals surface area contributed by atoms with Crippen molar-refractivity contribution in [3.8, 4) is 0 Å². The van der Waals surface area contributed by atoms with E-state index in [-0.39, 0.29) is 21.7 Å². The zero-order valence-electron chi connectivity index (χ0n) is 13.9. The number of sulfonamides is 1. The van der Waals surface area contributed by atoms with Crippen molar-refractivity contribution in [2.24, 2.45) is 0 Å². The van der Waals surface area contributed by atoms with Gasteiger partial charge < -0.3 is 10.1 Å². The molecule has 0 saturated heterocycles. The smallest absolute Gasteiger partial charge is 0.262 e. The molecule has 0 aliphatic carbocycles. The van der Waals surface area contributed by atoms with Crippen LogP contribution in [0.1, 0.15) is 15.9 Å². The summed E-state index contributed by atoms with van der Waals surface area (Å²) in [5, 5.41) is 2.64. The van der Waals surface area contributed by atoms with Crippen LogP contribution in [0.4, 0.5) is 10.1 Å². The molecular formula is C17H19FN2O4S. The SMILES string of the molecule is COCCNC(=O)c1ccccc1NS(=O)(=O)c1ccc(F)cc1C. The molecule has 0 spiro atoms. The van der Waals surface area contributed by atoms with Crippen molar-refractivity contribution in [1.29, 1.82) is 0 Å². The predicted octanol–water partition coefficient (Wildman–Crippen LogP) is 2.31. The Balaban J connectivity index is 2.29. The summed E-state index contributed by atoms with van der Waals surface area (Å²) in [6.45, 7) is 2.14. The first-order valence-corrected chi connectivity index (χ1v) is 8.98. The highest BCUT2D eigenvalue weighted by atomic mass is 32.2. The number of benzene rings is 2. The second-order valence-electron chi connectivity index (χ2n) is 5.31. The van der Waals surface area contributed by atoms with E-state index in [1.165, 1.54) is 32.2 Å². The summed E-state index contributed by atoms with van der Waals surface area (Å²) in [6.07, 6.45) is 0. The van der Waals surface area contributed by atoms with Crippen molar-refractivity contribution < 1.29 is 22.3 Å². The first-order valence-electron chi connectivity index (χ1n) is 7.50. The zero-order chi connectivity index (χ0) is 18.4. The molecule has 6 nitrogen and oxygen atoms in total. The van der Waals surface area contributed by atoms with Gasteiger partial charge in [-0.1, -0.05) is 12.1 Å². The van der Waals surface area contributed by atoms with Crippen molar-refractivity contribution in [2.45, 2.75) is 11.8 Å². The van der Waals surface area contributed by atoms with Gasteiger partial charge in [0.1, 0.15) is 5.82 Å². The highest BCUT2D eigenvalue weighted by Gasteiger charge is 2.20. The molecule has 0 aromatic heterocycles. The maximum atomic E-state index is 13.2. The highest BCUT2D eigenvalue weighted by Crippen LogP contribution is 2.22. The molecule has 0 aliphatic rings. The number of amides is 1. The topological polar surface area (TPSA) is 84.5 Å². The Labute approximate surface area is 146 Å². The fraction of sp³-hybridized carbons (Fsp3) is 0.235. The number of aryl methyl sites for hydroxylation is 1. The largest absolute Gasteiger partial charge is 0.383 e. The zero-order valence-corrected chi connectivity index (χ0v) is 14.7. The third-order valence-electron chi connectivity index (χ3n) is 3.43. The minimum Gasteiger partial charge on any atom is -0.383 e. The Bertz CT molecular complexity index is 869. The molecule has 0 bridgehead atoms. The number of anilines is 1. The molecule has 1 amide bonds. The molecule has 2 aromatic rings. The van der Waals surface area contributed by atoms with Gasteiger partial charge in [0.2, 0.25) is 0 Å². The van der Waals surface area contributed by atoms with E-state index in [9.17, 15) is 17.6 Å². The number of carbonyl (C=O) groups is 1. The molecule has 134 valence electrons. The van der Waals surface area contributed by atoms with Gasteiger partial charge in [0.15, 0.2) is 0 Å². The van der Waals surface area contributed by atoms with Crippen molar-refractivity contribution in [2.75, 3.05) is 25.0 Å². The van der Waals surface area contributed by atoms with Crippen LogP contribution >= 0.6 is 0 Å². The van der Waals surface area contributed by atoms with Gasteiger partial charge in [0.25, 0.3) is 15.9 Å². The maximum absolute atomic E-state index is 13.2. The minimum absolute atomic E-state index is 0.0523. The number of hydrogen-bond acceptors (Lipinski definition) is 4. The van der Waals surface area contributed by atoms with Crippen LogP contribution in [0.2, 0.25) is 0 Å². The van der Waals surface area contributed by atoms with Crippen LogP contribution in [0, 0.1) is 12.7 Å². The standard InChI is InChI=1S/C17H19FN2O4S/c1-12-11-13(18)7-8-16(12)25(22,23)20-15-6-4-3-5-14(15)17(21)19-9-10-24-2/h3-8,11,20H,9-10H2,1-2H3,(H,19,21). The normalized spacial score (nSPS) is 11.2. The van der Waals surface area contributed by atoms with Crippen molar-refractivity contribution in [3.63, 3.8) is 0 Å². The van der Waals surface area contributed by atoms with Gasteiger partial charge in [0.05, 0.1) is 22.8 Å². The van der Waals surface area contributed by atoms with Gasteiger partial charge in [-0.05, 0) is 42.8 Å². The number of halogens is 1. The van der Waals surface area contributed by atoms with E-state index in [4.69, 9.17) is 4.74 Å². The lowest BCUT2D eigenvalue weighted by Crippen LogP contribution is -2.28. The molecule has 2 rings (SSSR count). The fourth-order valence-electron chi connectivity index (χ4n) is 2.25. The lowest BCUT2D eigenvalue weighted by atomic mass is 10.1. The summed E-state index contributed by atoms with van der Waals surface area (Å²) >= 11 is 0. The average Bonchev–Trinajstić information content (AvgIpc) is 2.54. The number of para-hydroxylation sites is 1. The predicted molar refractivity (Wildman–Crippen MR) is 92.6 cm³/mol. The molecule has 0 atom stereocenters. The van der Waals surface area contributed by atoms with E-state index in [0.717, 1.165) is 12.1 Å². The van der Waals surface area contributed by atoms with Gasteiger partial charge in [-0.3, -0.25) is 9.52 Å². The van der Waals surface area contributed by atoms with Crippen LogP contribution < -0.4 is 10.0 Å². The van der Waals surface area contributed by atoms with Crippen LogP contribution in [-0.2, 0) is 14.8 Å². The lowest BCUT2D eigenvalue weighted by Gasteiger charge is -2.14.